The van der Waals surface area contributed by atoms with Gasteiger partial charge in [-0.1, -0.05) is 13.8 Å². The Kier molecular flexibility index (Phi) is 4.05. The highest BCUT2D eigenvalue weighted by atomic mass is 16.5. The van der Waals surface area contributed by atoms with Crippen LogP contribution in [0.2, 0.25) is 0 Å². The van der Waals surface area contributed by atoms with E-state index < -0.39 is 0 Å². The van der Waals surface area contributed by atoms with Gasteiger partial charge in [0.1, 0.15) is 0 Å². The lowest BCUT2D eigenvalue weighted by atomic mass is 9.77. The highest BCUT2D eigenvalue weighted by molar-refractivity contribution is 5.82. The predicted molar refractivity (Wildman–Crippen MR) is 66.8 cm³/mol. The van der Waals surface area contributed by atoms with Crippen LogP contribution in [0.3, 0.4) is 0 Å². The Morgan fingerprint density at radius 2 is 2.29 bits per heavy atom. The fourth-order valence-corrected chi connectivity index (χ4v) is 2.78. The third-order valence-corrected chi connectivity index (χ3v) is 3.92. The van der Waals surface area contributed by atoms with E-state index in [2.05, 4.69) is 24.5 Å². The summed E-state index contributed by atoms with van der Waals surface area (Å²) in [6.07, 6.45) is 4.68. The Hall–Kier alpha value is -0.610. The van der Waals surface area contributed by atoms with Crippen molar-refractivity contribution in [1.82, 2.24) is 10.6 Å². The minimum atomic E-state index is -0.0577. The van der Waals surface area contributed by atoms with Gasteiger partial charge in [0.2, 0.25) is 5.91 Å². The van der Waals surface area contributed by atoms with E-state index in [0.29, 0.717) is 6.54 Å². The van der Waals surface area contributed by atoms with Crippen molar-refractivity contribution in [2.24, 2.45) is 5.41 Å². The quantitative estimate of drug-likeness (QED) is 0.775. The topological polar surface area (TPSA) is 50.4 Å². The summed E-state index contributed by atoms with van der Waals surface area (Å²) >= 11 is 0. The molecule has 0 aromatic rings. The Morgan fingerprint density at radius 3 is 2.94 bits per heavy atom. The van der Waals surface area contributed by atoms with Crippen LogP contribution in [0.1, 0.15) is 39.5 Å². The van der Waals surface area contributed by atoms with Crippen molar-refractivity contribution in [3.63, 3.8) is 0 Å². The molecule has 0 aromatic heterocycles. The second kappa shape index (κ2) is 5.36. The van der Waals surface area contributed by atoms with Crippen LogP contribution in [0, 0.1) is 5.41 Å². The van der Waals surface area contributed by atoms with E-state index in [4.69, 9.17) is 4.74 Å². The van der Waals surface area contributed by atoms with Gasteiger partial charge in [0, 0.05) is 13.2 Å². The lowest BCUT2D eigenvalue weighted by Crippen LogP contribution is -2.56. The fourth-order valence-electron chi connectivity index (χ4n) is 2.78. The molecule has 0 spiro atoms. The van der Waals surface area contributed by atoms with Gasteiger partial charge in [-0.3, -0.25) is 4.79 Å². The first-order valence-electron chi connectivity index (χ1n) is 6.72. The van der Waals surface area contributed by atoms with E-state index in [1.165, 1.54) is 0 Å². The van der Waals surface area contributed by atoms with Gasteiger partial charge in [-0.15, -0.1) is 0 Å². The monoisotopic (exact) mass is 240 g/mol. The number of rotatable bonds is 3. The summed E-state index contributed by atoms with van der Waals surface area (Å²) in [5.74, 6) is 0.130. The lowest BCUT2D eigenvalue weighted by Gasteiger charge is -2.38. The maximum absolute atomic E-state index is 12.1. The molecule has 0 aromatic carbocycles. The van der Waals surface area contributed by atoms with Crippen LogP contribution in [0.4, 0.5) is 0 Å². The molecule has 2 unspecified atom stereocenters. The van der Waals surface area contributed by atoms with Gasteiger partial charge in [0.05, 0.1) is 12.1 Å². The molecule has 0 bridgehead atoms. The summed E-state index contributed by atoms with van der Waals surface area (Å²) < 4.78 is 5.51. The van der Waals surface area contributed by atoms with Gasteiger partial charge in [-0.2, -0.15) is 0 Å². The smallest absolute Gasteiger partial charge is 0.237 e. The van der Waals surface area contributed by atoms with Crippen LogP contribution in [0.15, 0.2) is 0 Å². The van der Waals surface area contributed by atoms with Crippen molar-refractivity contribution in [3.05, 3.63) is 0 Å². The first-order chi connectivity index (χ1) is 8.09. The zero-order chi connectivity index (χ0) is 12.3. The summed E-state index contributed by atoms with van der Waals surface area (Å²) in [5, 5.41) is 6.36. The van der Waals surface area contributed by atoms with Crippen molar-refractivity contribution >= 4 is 5.91 Å². The van der Waals surface area contributed by atoms with Gasteiger partial charge in [0.15, 0.2) is 0 Å². The Bertz CT molecular complexity index is 273. The molecule has 2 saturated heterocycles. The second-order valence-electron chi connectivity index (χ2n) is 5.86. The molecule has 0 radical (unpaired) electrons. The molecule has 2 aliphatic heterocycles. The first kappa shape index (κ1) is 12.8. The number of ether oxygens (including phenoxy) is 1. The van der Waals surface area contributed by atoms with E-state index in [1.807, 2.05) is 0 Å². The van der Waals surface area contributed by atoms with E-state index in [1.54, 1.807) is 0 Å². The van der Waals surface area contributed by atoms with Gasteiger partial charge in [-0.25, -0.2) is 0 Å². The van der Waals surface area contributed by atoms with Crippen molar-refractivity contribution in [2.45, 2.75) is 51.7 Å². The van der Waals surface area contributed by atoms with Gasteiger partial charge in [0.25, 0.3) is 0 Å². The van der Waals surface area contributed by atoms with Crippen LogP contribution < -0.4 is 10.6 Å². The molecule has 4 nitrogen and oxygen atoms in total. The maximum atomic E-state index is 12.1. The van der Waals surface area contributed by atoms with E-state index in [9.17, 15) is 4.79 Å². The largest absolute Gasteiger partial charge is 0.376 e. The number of carbonyl (C=O) groups excluding carboxylic acids is 1. The van der Waals surface area contributed by atoms with Gasteiger partial charge < -0.3 is 15.4 Å². The SMILES string of the molecule is CC1(C)CCCNC1C(=O)NCC1CCCO1. The normalized spacial score (nSPS) is 32.4. The van der Waals surface area contributed by atoms with Crippen LogP contribution in [-0.2, 0) is 9.53 Å². The second-order valence-corrected chi connectivity index (χ2v) is 5.86. The van der Waals surface area contributed by atoms with Crippen LogP contribution in [0.25, 0.3) is 0 Å². The summed E-state index contributed by atoms with van der Waals surface area (Å²) in [6.45, 7) is 6.77. The summed E-state index contributed by atoms with van der Waals surface area (Å²) in [7, 11) is 0. The third kappa shape index (κ3) is 3.19. The third-order valence-electron chi connectivity index (χ3n) is 3.92. The molecule has 1 amide bonds. The van der Waals surface area contributed by atoms with Crippen molar-refractivity contribution in [3.8, 4) is 0 Å². The number of nitrogens with one attached hydrogen (secondary N) is 2. The van der Waals surface area contributed by atoms with Gasteiger partial charge >= 0.3 is 0 Å². The number of carbonyl (C=O) groups is 1. The molecule has 2 rings (SSSR count). The number of amides is 1. The predicted octanol–water partition coefficient (Wildman–Crippen LogP) is 1.06. The first-order valence-corrected chi connectivity index (χ1v) is 6.72. The molecule has 4 heteroatoms. The standard InChI is InChI=1S/C13H24N2O2/c1-13(2)6-4-7-14-11(13)12(16)15-9-10-5-3-8-17-10/h10-11,14H,3-9H2,1-2H3,(H,15,16). The van der Waals surface area contributed by atoms with E-state index in [0.717, 1.165) is 38.8 Å². The maximum Gasteiger partial charge on any atom is 0.237 e. The molecule has 2 N–H and O–H groups in total. The lowest BCUT2D eigenvalue weighted by molar-refractivity contribution is -0.127. The number of hydrogen-bond donors (Lipinski definition) is 2. The Labute approximate surface area is 103 Å². The fraction of sp³-hybridized carbons (Fsp3) is 0.923. The Balaban J connectivity index is 1.81. The molecule has 0 saturated carbocycles. The molecule has 2 fully saturated rings. The molecule has 2 atom stereocenters. The Morgan fingerprint density at radius 1 is 1.47 bits per heavy atom. The molecule has 2 heterocycles. The highest BCUT2D eigenvalue weighted by Crippen LogP contribution is 2.30. The average molecular weight is 240 g/mol. The van der Waals surface area contributed by atoms with Gasteiger partial charge in [-0.05, 0) is 37.6 Å². The minimum Gasteiger partial charge on any atom is -0.376 e. The summed E-state index contributed by atoms with van der Waals surface area (Å²) in [5.41, 5.74) is 0.0544. The van der Waals surface area contributed by atoms with Crippen LogP contribution in [-0.4, -0.2) is 37.7 Å². The number of hydrogen-bond acceptors (Lipinski definition) is 3. The average Bonchev–Trinajstić information content (AvgIpc) is 2.78. The van der Waals surface area contributed by atoms with Crippen molar-refractivity contribution in [1.29, 1.82) is 0 Å². The zero-order valence-corrected chi connectivity index (χ0v) is 10.9. The summed E-state index contributed by atoms with van der Waals surface area (Å²) in [6, 6.07) is -0.0577. The van der Waals surface area contributed by atoms with Crippen LogP contribution >= 0.6 is 0 Å². The minimum absolute atomic E-state index is 0.0544. The molecule has 17 heavy (non-hydrogen) atoms. The molecular weight excluding hydrogens is 216 g/mol. The highest BCUT2D eigenvalue weighted by Gasteiger charge is 2.37. The molecule has 98 valence electrons. The molecule has 2 aliphatic rings. The zero-order valence-electron chi connectivity index (χ0n) is 10.9. The number of piperidine rings is 1. The van der Waals surface area contributed by atoms with Crippen molar-refractivity contribution < 1.29 is 9.53 Å². The summed E-state index contributed by atoms with van der Waals surface area (Å²) in [4.78, 5) is 12.1. The van der Waals surface area contributed by atoms with Crippen molar-refractivity contribution in [2.75, 3.05) is 19.7 Å². The van der Waals surface area contributed by atoms with E-state index in [-0.39, 0.29) is 23.5 Å². The van der Waals surface area contributed by atoms with Crippen LogP contribution in [0.5, 0.6) is 0 Å². The molecular formula is C13H24N2O2. The molecule has 0 aliphatic carbocycles. The van der Waals surface area contributed by atoms with E-state index >= 15 is 0 Å².